The summed E-state index contributed by atoms with van der Waals surface area (Å²) >= 11 is 1.41. The van der Waals surface area contributed by atoms with E-state index < -0.39 is 82.4 Å². The number of imide groups is 1. The Hall–Kier alpha value is -5.35. The fraction of sp³-hybridized carbons (Fsp3) is 0.364. The predicted octanol–water partition coefficient (Wildman–Crippen LogP) is 5.31. The molecule has 4 atom stereocenters. The summed E-state index contributed by atoms with van der Waals surface area (Å²) in [5.41, 5.74) is -5.20. The Morgan fingerprint density at radius 3 is 2.22 bits per heavy atom. The Morgan fingerprint density at radius 2 is 1.55 bits per heavy atom. The maximum absolute atomic E-state index is 15.6. The van der Waals surface area contributed by atoms with Crippen LogP contribution in [0.5, 0.6) is 0 Å². The predicted molar refractivity (Wildman–Crippen MR) is 231 cm³/mol. The lowest BCUT2D eigenvalue weighted by Crippen LogP contribution is -2.53. The highest BCUT2D eigenvalue weighted by Crippen LogP contribution is 2.38. The summed E-state index contributed by atoms with van der Waals surface area (Å²) in [5, 5.41) is 5.25. The molecule has 344 valence electrons. The molecule has 65 heavy (non-hydrogen) atoms. The number of benzene rings is 4. The lowest BCUT2D eigenvalue weighted by molar-refractivity contribution is -0.136. The van der Waals surface area contributed by atoms with E-state index in [0.717, 1.165) is 29.9 Å². The molecule has 0 saturated carbocycles. The molecule has 4 amide bonds. The number of amides is 4. The molecule has 4 aromatic rings. The maximum Gasteiger partial charge on any atom is 0.501 e. The molecule has 4 aliphatic rings. The highest BCUT2D eigenvalue weighted by atomic mass is 32.2. The van der Waals surface area contributed by atoms with E-state index in [0.29, 0.717) is 55.5 Å². The first-order valence-corrected chi connectivity index (χ1v) is 24.8. The third-order valence-corrected chi connectivity index (χ3v) is 16.2. The number of nitrogens with zero attached hydrogens (tertiary/aromatic N) is 3. The average molecular weight is 957 g/mol. The number of carbonyl (C=O) groups is 4. The molecule has 3 fully saturated rings. The number of sulfonamides is 1. The summed E-state index contributed by atoms with van der Waals surface area (Å²) < 4.78 is 113. The number of carbonyl (C=O) groups excluding carboxylic acids is 4. The number of likely N-dealkylation sites (tertiary alicyclic amines) is 1. The van der Waals surface area contributed by atoms with E-state index in [1.54, 1.807) is 16.9 Å². The second-order valence-electron chi connectivity index (χ2n) is 16.5. The molecule has 8 rings (SSSR count). The molecule has 4 aliphatic heterocycles. The van der Waals surface area contributed by atoms with Crippen molar-refractivity contribution in [3.05, 3.63) is 119 Å². The average Bonchev–Trinajstić information content (AvgIpc) is 3.70. The first kappa shape index (κ1) is 46.2. The van der Waals surface area contributed by atoms with Gasteiger partial charge in [-0.15, -0.1) is 11.8 Å². The van der Waals surface area contributed by atoms with Crippen LogP contribution in [0, 0.1) is 5.82 Å². The molecule has 21 heteroatoms. The molecule has 4 aromatic carbocycles. The summed E-state index contributed by atoms with van der Waals surface area (Å²) in [5.74, 6) is -3.02. The molecular weight excluding hydrogens is 913 g/mol. The molecule has 0 aromatic heterocycles. The van der Waals surface area contributed by atoms with Gasteiger partial charge in [0.25, 0.3) is 31.7 Å². The highest BCUT2D eigenvalue weighted by Gasteiger charge is 2.49. The molecule has 3 N–H and O–H groups in total. The van der Waals surface area contributed by atoms with Crippen molar-refractivity contribution in [3.8, 4) is 0 Å². The largest absolute Gasteiger partial charge is 0.501 e. The van der Waals surface area contributed by atoms with Gasteiger partial charge in [0.15, 0.2) is 0 Å². The minimum atomic E-state index is -6.11. The van der Waals surface area contributed by atoms with Gasteiger partial charge in [-0.25, -0.2) is 25.9 Å². The van der Waals surface area contributed by atoms with Crippen molar-refractivity contribution in [2.75, 3.05) is 30.7 Å². The number of fused-ring (bicyclic) bond motifs is 3. The van der Waals surface area contributed by atoms with Crippen LogP contribution in [0.25, 0.3) is 0 Å². The van der Waals surface area contributed by atoms with Gasteiger partial charge >= 0.3 is 5.51 Å². The standard InChI is InChI=1S/C44H44F4N6O8S3/c45-35-20-27(19-29-23-54(43(58)40(29)35)37-15-16-39(55)50-42(37)57)22-53-31-11-12-32(53)25-52(24-31)18-17-30(26-63-33-9-5-2-6-10-33)49-36-14-13-34(21-38(36)64(59,60)44(46,47)48)65(61,62)51-41(56)28-7-3-1-4-8-28/h1-10,13-14,19-21,30-32,37,49H,11-12,15-18,22-26H2,(H,51,56)(H,50,55,57)/t30-,31?,32?,37?/m1/s1. The number of halogens is 4. The number of hydrogen-bond donors (Lipinski definition) is 3. The number of rotatable bonds is 15. The van der Waals surface area contributed by atoms with Crippen LogP contribution in [0.15, 0.2) is 106 Å². The number of nitrogens with one attached hydrogen (secondary N) is 3. The Labute approximate surface area is 377 Å². The Morgan fingerprint density at radius 1 is 0.877 bits per heavy atom. The van der Waals surface area contributed by atoms with Gasteiger partial charge in [0.05, 0.1) is 16.1 Å². The number of sulfone groups is 1. The quantitative estimate of drug-likeness (QED) is 0.0795. The van der Waals surface area contributed by atoms with Crippen LogP contribution in [0.2, 0.25) is 0 Å². The monoisotopic (exact) mass is 956 g/mol. The molecule has 0 aliphatic carbocycles. The molecule has 0 radical (unpaired) electrons. The van der Waals surface area contributed by atoms with E-state index in [1.165, 1.54) is 47.0 Å². The van der Waals surface area contributed by atoms with E-state index in [-0.39, 0.29) is 42.6 Å². The van der Waals surface area contributed by atoms with Gasteiger partial charge in [-0.05, 0) is 85.3 Å². The van der Waals surface area contributed by atoms with E-state index in [4.69, 9.17) is 0 Å². The van der Waals surface area contributed by atoms with Crippen LogP contribution >= 0.6 is 11.8 Å². The molecule has 4 heterocycles. The lowest BCUT2D eigenvalue weighted by atomic mass is 10.0. The van der Waals surface area contributed by atoms with Crippen molar-refractivity contribution >= 4 is 60.9 Å². The zero-order valence-electron chi connectivity index (χ0n) is 34.6. The van der Waals surface area contributed by atoms with E-state index in [1.807, 2.05) is 30.3 Å². The first-order valence-electron chi connectivity index (χ1n) is 20.8. The van der Waals surface area contributed by atoms with Crippen molar-refractivity contribution in [3.63, 3.8) is 0 Å². The highest BCUT2D eigenvalue weighted by molar-refractivity contribution is 7.99. The van der Waals surface area contributed by atoms with Crippen LogP contribution in [0.1, 0.15) is 63.9 Å². The second-order valence-corrected chi connectivity index (χ2v) is 21.2. The number of piperazine rings is 1. The molecule has 3 saturated heterocycles. The zero-order valence-corrected chi connectivity index (χ0v) is 37.0. The lowest BCUT2D eigenvalue weighted by Gasteiger charge is -2.41. The number of anilines is 1. The summed E-state index contributed by atoms with van der Waals surface area (Å²) in [4.78, 5) is 54.7. The van der Waals surface area contributed by atoms with Crippen LogP contribution < -0.4 is 15.4 Å². The second kappa shape index (κ2) is 18.5. The number of thioether (sulfide) groups is 1. The van der Waals surface area contributed by atoms with Crippen LogP contribution in [0.3, 0.4) is 0 Å². The first-order chi connectivity index (χ1) is 30.9. The van der Waals surface area contributed by atoms with Gasteiger partial charge in [0, 0.05) is 73.5 Å². The third kappa shape index (κ3) is 9.93. The molecule has 14 nitrogen and oxygen atoms in total. The topological polar surface area (TPSA) is 182 Å². The Balaban J connectivity index is 0.971. The fourth-order valence-electron chi connectivity index (χ4n) is 8.98. The smallest absolute Gasteiger partial charge is 0.380 e. The van der Waals surface area contributed by atoms with Gasteiger partial charge in [-0.2, -0.15) is 13.2 Å². The van der Waals surface area contributed by atoms with E-state index in [9.17, 15) is 49.2 Å². The molecule has 2 bridgehead atoms. The molecule has 0 spiro atoms. The van der Waals surface area contributed by atoms with Crippen LogP contribution in [-0.2, 0) is 42.5 Å². The van der Waals surface area contributed by atoms with Crippen LogP contribution in [-0.4, -0.2) is 110 Å². The van der Waals surface area contributed by atoms with Crippen molar-refractivity contribution < 1.29 is 53.6 Å². The number of hydrogen-bond acceptors (Lipinski definition) is 12. The Bertz CT molecular complexity index is 2720. The van der Waals surface area contributed by atoms with Gasteiger partial charge in [0.1, 0.15) is 16.8 Å². The summed E-state index contributed by atoms with van der Waals surface area (Å²) in [7, 11) is -10.9. The number of piperidine rings is 1. The van der Waals surface area contributed by atoms with Gasteiger partial charge in [-0.1, -0.05) is 42.5 Å². The summed E-state index contributed by atoms with van der Waals surface area (Å²) in [6, 6.07) is 20.6. The summed E-state index contributed by atoms with van der Waals surface area (Å²) in [6.45, 7) is 2.18. The van der Waals surface area contributed by atoms with Crippen molar-refractivity contribution in [1.29, 1.82) is 0 Å². The zero-order chi connectivity index (χ0) is 46.3. The van der Waals surface area contributed by atoms with Gasteiger partial charge in [0.2, 0.25) is 11.8 Å². The molecular formula is C44H44F4N6O8S3. The minimum absolute atomic E-state index is 0.0412. The van der Waals surface area contributed by atoms with Crippen molar-refractivity contribution in [2.45, 2.75) is 89.6 Å². The number of alkyl halides is 3. The maximum atomic E-state index is 15.6. The van der Waals surface area contributed by atoms with Gasteiger partial charge < -0.3 is 15.1 Å². The van der Waals surface area contributed by atoms with E-state index >= 15 is 4.39 Å². The SMILES string of the molecule is O=C1CCC(N2Cc3cc(CN4C5CCC4CN(CC[C@H](CSc4ccccc4)Nc4ccc(S(=O)(=O)NC(=O)c6ccccc6)cc4S(=O)(=O)C(F)(F)F)C5)cc(F)c3C2=O)C(=O)N1. The normalized spacial score (nSPS) is 21.0. The van der Waals surface area contributed by atoms with Crippen LogP contribution in [0.4, 0.5) is 23.2 Å². The Kier molecular flexibility index (Phi) is 13.1. The van der Waals surface area contributed by atoms with E-state index in [2.05, 4.69) is 20.4 Å². The van der Waals surface area contributed by atoms with Crippen molar-refractivity contribution in [2.24, 2.45) is 0 Å². The fourth-order valence-corrected chi connectivity index (χ4v) is 12.0. The minimum Gasteiger partial charge on any atom is -0.380 e. The third-order valence-electron chi connectivity index (χ3n) is 12.2. The molecule has 3 unspecified atom stereocenters. The summed E-state index contributed by atoms with van der Waals surface area (Å²) in [6.07, 6.45) is 2.32. The van der Waals surface area contributed by atoms with Crippen molar-refractivity contribution in [1.82, 2.24) is 24.7 Å². The van der Waals surface area contributed by atoms with Gasteiger partial charge in [-0.3, -0.25) is 29.4 Å².